The number of carbonyl (C=O) groups is 2. The predicted molar refractivity (Wildman–Crippen MR) is 69.0 cm³/mol. The molecule has 2 N–H and O–H groups in total. The molecule has 1 atom stereocenters. The zero-order chi connectivity index (χ0) is 13.5. The second-order valence-electron chi connectivity index (χ2n) is 5.21. The minimum Gasteiger partial charge on any atom is -0.467 e. The third kappa shape index (κ3) is 4.64. The Morgan fingerprint density at radius 3 is 2.44 bits per heavy atom. The summed E-state index contributed by atoms with van der Waals surface area (Å²) in [7, 11) is 1.34. The van der Waals surface area contributed by atoms with Crippen LogP contribution in [0, 0.1) is 11.8 Å². The van der Waals surface area contributed by atoms with E-state index in [2.05, 4.69) is 10.6 Å². The molecule has 1 fully saturated rings. The molecule has 1 aliphatic heterocycles. The van der Waals surface area contributed by atoms with Crippen LogP contribution in [0.3, 0.4) is 0 Å². The molecule has 0 aromatic carbocycles. The maximum atomic E-state index is 11.9. The number of carbonyl (C=O) groups excluding carboxylic acids is 2. The molecule has 0 spiro atoms. The van der Waals surface area contributed by atoms with E-state index < -0.39 is 6.04 Å². The molecule has 1 aliphatic rings. The van der Waals surface area contributed by atoms with Gasteiger partial charge in [0.05, 0.1) is 7.11 Å². The highest BCUT2D eigenvalue weighted by molar-refractivity contribution is 5.84. The van der Waals surface area contributed by atoms with Gasteiger partial charge in [-0.2, -0.15) is 0 Å². The summed E-state index contributed by atoms with van der Waals surface area (Å²) >= 11 is 0. The standard InChI is InChI=1S/C13H24N2O3/c1-9(2)12(13(17)18-3)15-11(16)8-10-4-6-14-7-5-10/h9-10,12,14H,4-8H2,1-3H3,(H,15,16)/t12-/m1/s1. The number of esters is 1. The molecule has 0 saturated carbocycles. The number of amides is 1. The van der Waals surface area contributed by atoms with E-state index in [0.717, 1.165) is 25.9 Å². The lowest BCUT2D eigenvalue weighted by molar-refractivity contribution is -0.146. The van der Waals surface area contributed by atoms with E-state index in [9.17, 15) is 9.59 Å². The molecule has 1 saturated heterocycles. The molecule has 18 heavy (non-hydrogen) atoms. The van der Waals surface area contributed by atoms with Gasteiger partial charge in [-0.05, 0) is 37.8 Å². The minimum absolute atomic E-state index is 0.0365. The summed E-state index contributed by atoms with van der Waals surface area (Å²) in [6, 6.07) is -0.538. The molecule has 0 bridgehead atoms. The topological polar surface area (TPSA) is 67.4 Å². The second kappa shape index (κ2) is 7.36. The van der Waals surface area contributed by atoms with Gasteiger partial charge in [0.15, 0.2) is 0 Å². The summed E-state index contributed by atoms with van der Waals surface area (Å²) in [4.78, 5) is 23.4. The van der Waals surface area contributed by atoms with Crippen LogP contribution in [-0.2, 0) is 14.3 Å². The molecule has 0 radical (unpaired) electrons. The van der Waals surface area contributed by atoms with Crippen molar-refractivity contribution in [3.05, 3.63) is 0 Å². The van der Waals surface area contributed by atoms with E-state index in [1.807, 2.05) is 13.8 Å². The van der Waals surface area contributed by atoms with E-state index in [4.69, 9.17) is 4.74 Å². The van der Waals surface area contributed by atoms with Crippen LogP contribution in [0.5, 0.6) is 0 Å². The van der Waals surface area contributed by atoms with Gasteiger partial charge in [-0.15, -0.1) is 0 Å². The van der Waals surface area contributed by atoms with Gasteiger partial charge >= 0.3 is 5.97 Å². The van der Waals surface area contributed by atoms with Gasteiger partial charge in [-0.25, -0.2) is 4.79 Å². The fraction of sp³-hybridized carbons (Fsp3) is 0.846. The van der Waals surface area contributed by atoms with E-state index >= 15 is 0 Å². The maximum Gasteiger partial charge on any atom is 0.328 e. The Morgan fingerprint density at radius 1 is 1.33 bits per heavy atom. The summed E-state index contributed by atoms with van der Waals surface area (Å²) in [5.41, 5.74) is 0. The van der Waals surface area contributed by atoms with Gasteiger partial charge in [0.1, 0.15) is 6.04 Å². The number of rotatable bonds is 5. The smallest absolute Gasteiger partial charge is 0.328 e. The lowest BCUT2D eigenvalue weighted by Crippen LogP contribution is -2.45. The van der Waals surface area contributed by atoms with Crippen LogP contribution in [0.4, 0.5) is 0 Å². The third-order valence-corrected chi connectivity index (χ3v) is 3.37. The van der Waals surface area contributed by atoms with Crippen molar-refractivity contribution >= 4 is 11.9 Å². The first-order valence-corrected chi connectivity index (χ1v) is 6.62. The van der Waals surface area contributed by atoms with Gasteiger partial charge in [0, 0.05) is 6.42 Å². The number of ether oxygens (including phenoxy) is 1. The summed E-state index contributed by atoms with van der Waals surface area (Å²) in [6.07, 6.45) is 2.55. The number of hydrogen-bond donors (Lipinski definition) is 2. The highest BCUT2D eigenvalue weighted by Gasteiger charge is 2.26. The van der Waals surface area contributed by atoms with Crippen LogP contribution in [0.2, 0.25) is 0 Å². The number of nitrogens with one attached hydrogen (secondary N) is 2. The van der Waals surface area contributed by atoms with Crippen LogP contribution < -0.4 is 10.6 Å². The Hall–Kier alpha value is -1.10. The molecule has 5 nitrogen and oxygen atoms in total. The Balaban J connectivity index is 2.42. The average Bonchev–Trinajstić information content (AvgIpc) is 2.36. The molecule has 0 aliphatic carbocycles. The lowest BCUT2D eigenvalue weighted by Gasteiger charge is -2.24. The van der Waals surface area contributed by atoms with Gasteiger partial charge in [0.25, 0.3) is 0 Å². The van der Waals surface area contributed by atoms with Crippen molar-refractivity contribution in [1.29, 1.82) is 0 Å². The molecule has 1 amide bonds. The maximum absolute atomic E-state index is 11.9. The minimum atomic E-state index is -0.538. The Labute approximate surface area is 109 Å². The largest absolute Gasteiger partial charge is 0.467 e. The summed E-state index contributed by atoms with van der Waals surface area (Å²) in [5, 5.41) is 6.05. The fourth-order valence-electron chi connectivity index (χ4n) is 2.21. The van der Waals surface area contributed by atoms with E-state index in [-0.39, 0.29) is 17.8 Å². The normalized spacial score (nSPS) is 18.4. The molecule has 1 heterocycles. The third-order valence-electron chi connectivity index (χ3n) is 3.37. The Kier molecular flexibility index (Phi) is 6.12. The van der Waals surface area contributed by atoms with Crippen molar-refractivity contribution in [3.8, 4) is 0 Å². The highest BCUT2D eigenvalue weighted by atomic mass is 16.5. The molecule has 0 aromatic rings. The van der Waals surface area contributed by atoms with Crippen LogP contribution >= 0.6 is 0 Å². The first-order valence-electron chi connectivity index (χ1n) is 6.62. The monoisotopic (exact) mass is 256 g/mol. The number of methoxy groups -OCH3 is 1. The molecular weight excluding hydrogens is 232 g/mol. The van der Waals surface area contributed by atoms with Crippen LogP contribution in [0.1, 0.15) is 33.1 Å². The molecule has 0 unspecified atom stereocenters. The van der Waals surface area contributed by atoms with E-state index in [1.165, 1.54) is 7.11 Å². The van der Waals surface area contributed by atoms with E-state index in [1.54, 1.807) is 0 Å². The number of piperidine rings is 1. The molecule has 104 valence electrons. The fourth-order valence-corrected chi connectivity index (χ4v) is 2.21. The lowest BCUT2D eigenvalue weighted by atomic mass is 9.94. The Morgan fingerprint density at radius 2 is 1.94 bits per heavy atom. The summed E-state index contributed by atoms with van der Waals surface area (Å²) in [5.74, 6) is 0.0424. The molecule has 5 heteroatoms. The van der Waals surface area contributed by atoms with Crippen molar-refractivity contribution in [2.24, 2.45) is 11.8 Å². The van der Waals surface area contributed by atoms with Crippen molar-refractivity contribution in [1.82, 2.24) is 10.6 Å². The van der Waals surface area contributed by atoms with Crippen molar-refractivity contribution in [3.63, 3.8) is 0 Å². The van der Waals surface area contributed by atoms with Crippen molar-refractivity contribution in [2.45, 2.75) is 39.2 Å². The van der Waals surface area contributed by atoms with E-state index in [0.29, 0.717) is 12.3 Å². The van der Waals surface area contributed by atoms with Gasteiger partial charge in [-0.1, -0.05) is 13.8 Å². The summed E-state index contributed by atoms with van der Waals surface area (Å²) < 4.78 is 4.70. The van der Waals surface area contributed by atoms with Gasteiger partial charge in [0.2, 0.25) is 5.91 Å². The zero-order valence-corrected chi connectivity index (χ0v) is 11.5. The molecule has 0 aromatic heterocycles. The van der Waals surface area contributed by atoms with Gasteiger partial charge in [-0.3, -0.25) is 4.79 Å². The van der Waals surface area contributed by atoms with Crippen LogP contribution in [0.25, 0.3) is 0 Å². The Bertz CT molecular complexity index is 286. The first kappa shape index (κ1) is 15.0. The van der Waals surface area contributed by atoms with Crippen LogP contribution in [-0.4, -0.2) is 38.1 Å². The predicted octanol–water partition coefficient (Wildman–Crippen LogP) is 0.690. The van der Waals surface area contributed by atoms with Crippen LogP contribution in [0.15, 0.2) is 0 Å². The zero-order valence-electron chi connectivity index (χ0n) is 11.5. The molecular formula is C13H24N2O3. The first-order chi connectivity index (χ1) is 8.54. The number of hydrogen-bond acceptors (Lipinski definition) is 4. The SMILES string of the molecule is COC(=O)[C@H](NC(=O)CC1CCNCC1)C(C)C. The summed E-state index contributed by atoms with van der Waals surface area (Å²) in [6.45, 7) is 5.74. The van der Waals surface area contributed by atoms with Crippen molar-refractivity contribution in [2.75, 3.05) is 20.2 Å². The molecule has 1 rings (SSSR count). The second-order valence-corrected chi connectivity index (χ2v) is 5.21. The van der Waals surface area contributed by atoms with Gasteiger partial charge < -0.3 is 15.4 Å². The quantitative estimate of drug-likeness (QED) is 0.710. The average molecular weight is 256 g/mol. The highest BCUT2D eigenvalue weighted by Crippen LogP contribution is 2.16. The van der Waals surface area contributed by atoms with Crippen molar-refractivity contribution < 1.29 is 14.3 Å².